The maximum Gasteiger partial charge on any atom is 0.0705 e. The highest BCUT2D eigenvalue weighted by atomic mass is 32.2. The summed E-state index contributed by atoms with van der Waals surface area (Å²) in [5.41, 5.74) is 1.22. The van der Waals surface area contributed by atoms with Crippen LogP contribution in [0.25, 0.3) is 0 Å². The Balaban J connectivity index is 2.86. The van der Waals surface area contributed by atoms with Crippen LogP contribution in [0.3, 0.4) is 0 Å². The van der Waals surface area contributed by atoms with Gasteiger partial charge in [0, 0.05) is 11.0 Å². The van der Waals surface area contributed by atoms with Gasteiger partial charge in [0.1, 0.15) is 0 Å². The van der Waals surface area contributed by atoms with Crippen LogP contribution >= 0.6 is 11.8 Å². The third kappa shape index (κ3) is 1.45. The van der Waals surface area contributed by atoms with Crippen molar-refractivity contribution in [1.82, 2.24) is 0 Å². The van der Waals surface area contributed by atoms with Gasteiger partial charge >= 0.3 is 0 Å². The van der Waals surface area contributed by atoms with E-state index in [-0.39, 0.29) is 0 Å². The Labute approximate surface area is 68.7 Å². The van der Waals surface area contributed by atoms with Gasteiger partial charge in [-0.1, -0.05) is 5.57 Å². The van der Waals surface area contributed by atoms with Gasteiger partial charge in [0.2, 0.25) is 0 Å². The minimum absolute atomic E-state index is 0.356. The van der Waals surface area contributed by atoms with E-state index in [9.17, 15) is 4.21 Å². The average molecular weight is 176 g/mol. The van der Waals surface area contributed by atoms with Gasteiger partial charge in [-0.05, 0) is 20.8 Å². The Morgan fingerprint density at radius 2 is 2.30 bits per heavy atom. The summed E-state index contributed by atoms with van der Waals surface area (Å²) in [7, 11) is -0.693. The molecule has 0 aliphatic carbocycles. The molecular formula is C7H12OS2. The van der Waals surface area contributed by atoms with Gasteiger partial charge in [-0.3, -0.25) is 4.21 Å². The van der Waals surface area contributed by atoms with E-state index in [1.54, 1.807) is 11.8 Å². The van der Waals surface area contributed by atoms with E-state index < -0.39 is 10.8 Å². The second-order valence-corrected chi connectivity index (χ2v) is 5.80. The molecule has 0 aromatic heterocycles. The molecule has 10 heavy (non-hydrogen) atoms. The molecule has 0 unspecified atom stereocenters. The summed E-state index contributed by atoms with van der Waals surface area (Å²) >= 11 is 1.75. The van der Waals surface area contributed by atoms with E-state index >= 15 is 0 Å². The molecule has 1 rings (SSSR count). The normalized spacial score (nSPS) is 32.9. The van der Waals surface area contributed by atoms with Crippen molar-refractivity contribution < 1.29 is 4.21 Å². The Kier molecular flexibility index (Phi) is 2.58. The fraction of sp³-hybridized carbons (Fsp3) is 0.714. The highest BCUT2D eigenvalue weighted by Crippen LogP contribution is 2.34. The third-order valence-electron chi connectivity index (χ3n) is 1.41. The van der Waals surface area contributed by atoms with E-state index in [4.69, 9.17) is 0 Å². The van der Waals surface area contributed by atoms with Gasteiger partial charge in [-0.25, -0.2) is 0 Å². The first-order valence-corrected chi connectivity index (χ1v) is 5.53. The van der Waals surface area contributed by atoms with Crippen molar-refractivity contribution in [2.45, 2.75) is 26.0 Å². The number of rotatable bonds is 0. The van der Waals surface area contributed by atoms with Crippen molar-refractivity contribution in [1.29, 1.82) is 0 Å². The summed E-state index contributed by atoms with van der Waals surface area (Å²) in [5.74, 6) is 1.02. The molecule has 1 aliphatic heterocycles. The smallest absolute Gasteiger partial charge is 0.0705 e. The first-order chi connectivity index (χ1) is 4.63. The van der Waals surface area contributed by atoms with E-state index in [2.05, 4.69) is 0 Å². The third-order valence-corrected chi connectivity index (χ3v) is 5.47. The highest BCUT2D eigenvalue weighted by Gasteiger charge is 2.25. The summed E-state index contributed by atoms with van der Waals surface area (Å²) in [6.07, 6.45) is 0. The van der Waals surface area contributed by atoms with Crippen LogP contribution in [-0.2, 0) is 10.8 Å². The first-order valence-electron chi connectivity index (χ1n) is 3.33. The van der Waals surface area contributed by atoms with Crippen molar-refractivity contribution in [3.05, 3.63) is 9.81 Å². The predicted molar refractivity (Wildman–Crippen MR) is 48.4 cm³/mol. The molecule has 0 spiro atoms. The zero-order chi connectivity index (χ0) is 7.72. The monoisotopic (exact) mass is 176 g/mol. The Hall–Kier alpha value is 0.240. The van der Waals surface area contributed by atoms with Gasteiger partial charge < -0.3 is 0 Å². The van der Waals surface area contributed by atoms with Gasteiger partial charge in [0.25, 0.3) is 0 Å². The van der Waals surface area contributed by atoms with Crippen LogP contribution in [0.5, 0.6) is 0 Å². The Bertz CT molecular complexity index is 192. The van der Waals surface area contributed by atoms with Gasteiger partial charge in [-0.15, -0.1) is 11.8 Å². The molecule has 1 nitrogen and oxygen atoms in total. The molecule has 1 aliphatic rings. The zero-order valence-corrected chi connectivity index (χ0v) is 8.14. The molecule has 1 fully saturated rings. The summed E-state index contributed by atoms with van der Waals surface area (Å²) < 4.78 is 12.5. The van der Waals surface area contributed by atoms with Crippen LogP contribution in [-0.4, -0.2) is 15.2 Å². The number of allylic oxidation sites excluding steroid dienone is 1. The predicted octanol–water partition coefficient (Wildman–Crippen LogP) is 2.12. The standard InChI is InChI=1S/C7H12OS2/c1-5(2)7-9-4-6(3)10(7)8/h6H,4H2,1-3H3/t6-,10-/m0/s1. The lowest BCUT2D eigenvalue weighted by molar-refractivity contribution is 0.683. The largest absolute Gasteiger partial charge is 0.254 e. The second kappa shape index (κ2) is 3.09. The van der Waals surface area contributed by atoms with Crippen molar-refractivity contribution in [2.75, 3.05) is 5.75 Å². The Morgan fingerprint density at radius 3 is 2.50 bits per heavy atom. The van der Waals surface area contributed by atoms with Crippen molar-refractivity contribution in [3.63, 3.8) is 0 Å². The van der Waals surface area contributed by atoms with Crippen LogP contribution in [0.15, 0.2) is 9.81 Å². The molecule has 3 heteroatoms. The van der Waals surface area contributed by atoms with Crippen LogP contribution in [0.4, 0.5) is 0 Å². The minimum Gasteiger partial charge on any atom is -0.254 e. The SMILES string of the molecule is CC(C)=C1SC[C@H](C)[S@@]1=O. The first kappa shape index (κ1) is 8.34. The van der Waals surface area contributed by atoms with E-state index in [0.29, 0.717) is 5.25 Å². The molecule has 0 aromatic rings. The average Bonchev–Trinajstić information content (AvgIpc) is 2.14. The van der Waals surface area contributed by atoms with Gasteiger partial charge in [0.05, 0.1) is 15.0 Å². The second-order valence-electron chi connectivity index (χ2n) is 2.71. The lowest BCUT2D eigenvalue weighted by Gasteiger charge is -1.97. The lowest BCUT2D eigenvalue weighted by Crippen LogP contribution is -2.04. The fourth-order valence-corrected chi connectivity index (χ4v) is 4.14. The van der Waals surface area contributed by atoms with Crippen molar-refractivity contribution >= 4 is 22.6 Å². The zero-order valence-electron chi connectivity index (χ0n) is 6.51. The highest BCUT2D eigenvalue weighted by molar-refractivity contribution is 8.19. The van der Waals surface area contributed by atoms with Gasteiger partial charge in [-0.2, -0.15) is 0 Å². The van der Waals surface area contributed by atoms with Crippen LogP contribution < -0.4 is 0 Å². The minimum atomic E-state index is -0.693. The molecule has 0 amide bonds. The molecule has 1 heterocycles. The van der Waals surface area contributed by atoms with E-state index in [0.717, 1.165) is 9.99 Å². The molecule has 0 N–H and O–H groups in total. The molecule has 0 aromatic carbocycles. The van der Waals surface area contributed by atoms with Crippen molar-refractivity contribution in [3.8, 4) is 0 Å². The van der Waals surface area contributed by atoms with Gasteiger partial charge in [0.15, 0.2) is 0 Å². The summed E-state index contributed by atoms with van der Waals surface area (Å²) in [6, 6.07) is 0. The number of hydrogen-bond acceptors (Lipinski definition) is 2. The molecule has 58 valence electrons. The fourth-order valence-electron chi connectivity index (χ4n) is 0.841. The topological polar surface area (TPSA) is 17.1 Å². The number of thioether (sulfide) groups is 1. The van der Waals surface area contributed by atoms with Crippen LogP contribution in [0.2, 0.25) is 0 Å². The summed E-state index contributed by atoms with van der Waals surface area (Å²) in [5, 5.41) is 0.356. The van der Waals surface area contributed by atoms with Crippen LogP contribution in [0.1, 0.15) is 20.8 Å². The lowest BCUT2D eigenvalue weighted by atomic mass is 10.4. The molecule has 2 atom stereocenters. The van der Waals surface area contributed by atoms with E-state index in [1.807, 2.05) is 20.8 Å². The maximum absolute atomic E-state index is 11.4. The Morgan fingerprint density at radius 1 is 1.70 bits per heavy atom. The quantitative estimate of drug-likeness (QED) is 0.562. The van der Waals surface area contributed by atoms with E-state index in [1.165, 1.54) is 5.57 Å². The number of hydrogen-bond donors (Lipinski definition) is 0. The molecule has 0 saturated carbocycles. The van der Waals surface area contributed by atoms with Crippen LogP contribution in [0, 0.1) is 0 Å². The maximum atomic E-state index is 11.4. The molecule has 1 saturated heterocycles. The molecule has 0 radical (unpaired) electrons. The molecular weight excluding hydrogens is 164 g/mol. The van der Waals surface area contributed by atoms with Crippen molar-refractivity contribution in [2.24, 2.45) is 0 Å². The summed E-state index contributed by atoms with van der Waals surface area (Å²) in [6.45, 7) is 6.09. The summed E-state index contributed by atoms with van der Waals surface area (Å²) in [4.78, 5) is 0. The molecule has 0 bridgehead atoms.